The van der Waals surface area contributed by atoms with Crippen LogP contribution in [-0.4, -0.2) is 68.6 Å². The van der Waals surface area contributed by atoms with Gasteiger partial charge in [-0.15, -0.1) is 0 Å². The number of carbonyl (C=O) groups is 1. The van der Waals surface area contributed by atoms with Crippen LogP contribution in [0.4, 0.5) is 15.0 Å². The van der Waals surface area contributed by atoms with E-state index in [0.29, 0.717) is 35.9 Å². The summed E-state index contributed by atoms with van der Waals surface area (Å²) < 4.78 is 20.6. The predicted octanol–water partition coefficient (Wildman–Crippen LogP) is 3.02. The summed E-state index contributed by atoms with van der Waals surface area (Å²) in [7, 11) is 0. The highest BCUT2D eigenvalue weighted by molar-refractivity contribution is 7.98. The van der Waals surface area contributed by atoms with Gasteiger partial charge in [-0.25, -0.2) is 19.2 Å². The molecule has 0 saturated carbocycles. The molecule has 5 heterocycles. The largest absolute Gasteiger partial charge is 0.477 e. The SMILES string of the molecule is CSc1nc2c3c(nc(Cl)c(F)c3n1)OCCC1C3CCC(CN21)N3C(=O)O. The number of halogens is 2. The van der Waals surface area contributed by atoms with Crippen LogP contribution in [0.3, 0.4) is 0 Å². The molecule has 1 N–H and O–H groups in total. The normalized spacial score (nSPS) is 25.9. The van der Waals surface area contributed by atoms with E-state index in [1.54, 1.807) is 4.90 Å². The van der Waals surface area contributed by atoms with Gasteiger partial charge in [0, 0.05) is 13.0 Å². The molecule has 8 nitrogen and oxygen atoms in total. The lowest BCUT2D eigenvalue weighted by Crippen LogP contribution is -2.62. The number of thioether (sulfide) groups is 1. The maximum atomic E-state index is 14.8. The standard InChI is InChI=1S/C17H17ClFN5O3S/c1-28-16-20-12-10-14(22-16)23-6-7-2-3-9(24(7)17(25)26)8(23)4-5-27-15(10)21-13(18)11(12)19/h7-9H,2-6H2,1H3,(H,25,26). The van der Waals surface area contributed by atoms with Crippen molar-refractivity contribution < 1.29 is 19.0 Å². The molecule has 0 spiro atoms. The van der Waals surface area contributed by atoms with Gasteiger partial charge in [-0.3, -0.25) is 4.90 Å². The van der Waals surface area contributed by atoms with Crippen molar-refractivity contribution in [1.29, 1.82) is 0 Å². The molecular weight excluding hydrogens is 409 g/mol. The Kier molecular flexibility index (Phi) is 4.16. The molecule has 3 aliphatic rings. The lowest BCUT2D eigenvalue weighted by Gasteiger charge is -2.47. The van der Waals surface area contributed by atoms with Crippen LogP contribution < -0.4 is 9.64 Å². The number of ether oxygens (including phenoxy) is 1. The molecule has 28 heavy (non-hydrogen) atoms. The number of rotatable bonds is 1. The molecule has 5 rings (SSSR count). The highest BCUT2D eigenvalue weighted by Crippen LogP contribution is 2.43. The molecule has 3 aliphatic heterocycles. The van der Waals surface area contributed by atoms with Crippen molar-refractivity contribution in [3.05, 3.63) is 11.0 Å². The first kappa shape index (κ1) is 18.0. The number of fused-ring (bicyclic) bond motifs is 5. The molecule has 2 aromatic heterocycles. The van der Waals surface area contributed by atoms with Gasteiger partial charge in [-0.2, -0.15) is 4.98 Å². The summed E-state index contributed by atoms with van der Waals surface area (Å²) in [6.07, 6.45) is 3.12. The van der Waals surface area contributed by atoms with Crippen molar-refractivity contribution >= 4 is 46.2 Å². The van der Waals surface area contributed by atoms with E-state index in [9.17, 15) is 14.3 Å². The summed E-state index contributed by atoms with van der Waals surface area (Å²) in [5, 5.41) is 10.2. The number of piperazine rings is 1. The highest BCUT2D eigenvalue weighted by atomic mass is 35.5. The summed E-state index contributed by atoms with van der Waals surface area (Å²) in [6, 6.07) is -0.362. The fraction of sp³-hybridized carbons (Fsp3) is 0.529. The van der Waals surface area contributed by atoms with Crippen LogP contribution in [0.25, 0.3) is 10.9 Å². The summed E-state index contributed by atoms with van der Waals surface area (Å²) in [5.74, 6) is 0.0572. The maximum absolute atomic E-state index is 14.8. The Hall–Kier alpha value is -2.07. The van der Waals surface area contributed by atoms with E-state index >= 15 is 0 Å². The molecule has 2 saturated heterocycles. The first-order chi connectivity index (χ1) is 13.5. The fourth-order valence-corrected chi connectivity index (χ4v) is 5.21. The minimum Gasteiger partial charge on any atom is -0.477 e. The maximum Gasteiger partial charge on any atom is 0.407 e. The van der Waals surface area contributed by atoms with Crippen LogP contribution in [0.15, 0.2) is 5.16 Å². The van der Waals surface area contributed by atoms with E-state index in [4.69, 9.17) is 16.3 Å². The fourth-order valence-electron chi connectivity index (χ4n) is 4.69. The number of nitrogens with zero attached hydrogens (tertiary/aromatic N) is 5. The Bertz CT molecular complexity index is 995. The van der Waals surface area contributed by atoms with Gasteiger partial charge in [0.2, 0.25) is 5.88 Å². The quantitative estimate of drug-likeness (QED) is 0.423. The van der Waals surface area contributed by atoms with Crippen LogP contribution in [0.1, 0.15) is 19.3 Å². The average molecular weight is 426 g/mol. The minimum atomic E-state index is -0.896. The molecule has 148 valence electrons. The van der Waals surface area contributed by atoms with Gasteiger partial charge in [0.1, 0.15) is 16.7 Å². The third-order valence-corrected chi connectivity index (χ3v) is 6.60. The van der Waals surface area contributed by atoms with Crippen LogP contribution in [-0.2, 0) is 0 Å². The van der Waals surface area contributed by atoms with E-state index in [-0.39, 0.29) is 34.7 Å². The second kappa shape index (κ2) is 6.48. The van der Waals surface area contributed by atoms with Crippen LogP contribution in [0.5, 0.6) is 5.88 Å². The molecule has 1 amide bonds. The van der Waals surface area contributed by atoms with Crippen LogP contribution >= 0.6 is 23.4 Å². The van der Waals surface area contributed by atoms with Gasteiger partial charge < -0.3 is 14.7 Å². The molecule has 3 atom stereocenters. The molecule has 0 aromatic carbocycles. The Morgan fingerprint density at radius 2 is 2.11 bits per heavy atom. The Morgan fingerprint density at radius 1 is 1.29 bits per heavy atom. The van der Waals surface area contributed by atoms with Gasteiger partial charge in [-0.05, 0) is 19.1 Å². The predicted molar refractivity (Wildman–Crippen MR) is 102 cm³/mol. The van der Waals surface area contributed by atoms with Crippen molar-refractivity contribution in [2.24, 2.45) is 0 Å². The van der Waals surface area contributed by atoms with Crippen molar-refractivity contribution in [3.8, 4) is 5.88 Å². The van der Waals surface area contributed by atoms with Crippen molar-refractivity contribution in [2.75, 3.05) is 24.3 Å². The highest BCUT2D eigenvalue weighted by Gasteiger charge is 2.49. The number of carboxylic acid groups (broad SMARTS) is 1. The van der Waals surface area contributed by atoms with Crippen molar-refractivity contribution in [1.82, 2.24) is 19.9 Å². The molecule has 2 aromatic rings. The van der Waals surface area contributed by atoms with Gasteiger partial charge in [0.25, 0.3) is 0 Å². The number of pyridine rings is 1. The Labute approximate surface area is 169 Å². The van der Waals surface area contributed by atoms with Crippen LogP contribution in [0.2, 0.25) is 5.15 Å². The van der Waals surface area contributed by atoms with Crippen molar-refractivity contribution in [3.63, 3.8) is 0 Å². The lowest BCUT2D eigenvalue weighted by atomic mass is 9.99. The minimum absolute atomic E-state index is 0.0815. The third kappa shape index (κ3) is 2.50. The number of anilines is 1. The number of hydrogen-bond donors (Lipinski definition) is 1. The van der Waals surface area contributed by atoms with Gasteiger partial charge in [-0.1, -0.05) is 23.4 Å². The van der Waals surface area contributed by atoms with Gasteiger partial charge in [0.05, 0.1) is 24.7 Å². The zero-order valence-electron chi connectivity index (χ0n) is 14.9. The van der Waals surface area contributed by atoms with E-state index in [2.05, 4.69) is 19.9 Å². The van der Waals surface area contributed by atoms with Gasteiger partial charge >= 0.3 is 6.09 Å². The first-order valence-electron chi connectivity index (χ1n) is 9.01. The van der Waals surface area contributed by atoms with Gasteiger partial charge in [0.15, 0.2) is 16.1 Å². The second-order valence-electron chi connectivity index (χ2n) is 7.12. The molecular formula is C17H17ClFN5O3S. The number of hydrogen-bond acceptors (Lipinski definition) is 7. The Morgan fingerprint density at radius 3 is 2.86 bits per heavy atom. The van der Waals surface area contributed by atoms with E-state index in [1.807, 2.05) is 6.26 Å². The Balaban J connectivity index is 1.74. The summed E-state index contributed by atoms with van der Waals surface area (Å²) in [4.78, 5) is 28.5. The smallest absolute Gasteiger partial charge is 0.407 e. The zero-order valence-corrected chi connectivity index (χ0v) is 16.5. The average Bonchev–Trinajstić information content (AvgIpc) is 3.01. The van der Waals surface area contributed by atoms with E-state index in [1.165, 1.54) is 11.8 Å². The summed E-state index contributed by atoms with van der Waals surface area (Å²) >= 11 is 7.27. The molecule has 0 aliphatic carbocycles. The lowest BCUT2D eigenvalue weighted by molar-refractivity contribution is 0.0955. The molecule has 11 heteroatoms. The number of aromatic nitrogens is 3. The second-order valence-corrected chi connectivity index (χ2v) is 8.26. The van der Waals surface area contributed by atoms with E-state index < -0.39 is 11.9 Å². The molecule has 3 unspecified atom stereocenters. The molecule has 2 bridgehead atoms. The number of amides is 1. The summed E-state index contributed by atoms with van der Waals surface area (Å²) in [6.45, 7) is 0.820. The molecule has 0 radical (unpaired) electrons. The summed E-state index contributed by atoms with van der Waals surface area (Å²) in [5.41, 5.74) is 0.0815. The first-order valence-corrected chi connectivity index (χ1v) is 10.6. The van der Waals surface area contributed by atoms with Crippen LogP contribution in [0, 0.1) is 5.82 Å². The zero-order chi connectivity index (χ0) is 19.6. The topological polar surface area (TPSA) is 91.7 Å². The van der Waals surface area contributed by atoms with Crippen molar-refractivity contribution in [2.45, 2.75) is 42.5 Å². The molecule has 2 fully saturated rings. The monoisotopic (exact) mass is 425 g/mol. The third-order valence-electron chi connectivity index (χ3n) is 5.80. The van der Waals surface area contributed by atoms with E-state index in [0.717, 1.165) is 12.8 Å².